The third-order valence-electron chi connectivity index (χ3n) is 4.34. The van der Waals surface area contributed by atoms with Crippen LogP contribution in [0.15, 0.2) is 24.3 Å². The van der Waals surface area contributed by atoms with Gasteiger partial charge < -0.3 is 15.0 Å². The SMILES string of the molecule is CCCC(=O)N(Cc1cccc(OC)c1)C(CC)C(=O)NC(C)CC. The standard InChI is InChI=1S/C20H32N2O3/c1-6-10-19(23)22(14-16-11-9-12-17(13-16)25-5)18(8-3)20(24)21-15(4)7-2/h9,11-13,15,18H,6-8,10,14H2,1-5H3,(H,21,24). The van der Waals surface area contributed by atoms with Crippen molar-refractivity contribution in [2.24, 2.45) is 0 Å². The lowest BCUT2D eigenvalue weighted by Crippen LogP contribution is -2.50. The number of nitrogens with one attached hydrogen (secondary N) is 1. The van der Waals surface area contributed by atoms with E-state index in [2.05, 4.69) is 5.32 Å². The molecule has 5 nitrogen and oxygen atoms in total. The van der Waals surface area contributed by atoms with Crippen LogP contribution >= 0.6 is 0 Å². The van der Waals surface area contributed by atoms with Gasteiger partial charge in [-0.3, -0.25) is 9.59 Å². The first-order valence-corrected chi connectivity index (χ1v) is 9.19. The zero-order valence-corrected chi connectivity index (χ0v) is 16.2. The summed E-state index contributed by atoms with van der Waals surface area (Å²) >= 11 is 0. The molecule has 0 heterocycles. The maximum atomic E-state index is 12.7. The summed E-state index contributed by atoms with van der Waals surface area (Å²) in [5, 5.41) is 3.01. The van der Waals surface area contributed by atoms with Crippen molar-refractivity contribution in [1.29, 1.82) is 0 Å². The maximum absolute atomic E-state index is 12.7. The summed E-state index contributed by atoms with van der Waals surface area (Å²) < 4.78 is 5.26. The van der Waals surface area contributed by atoms with E-state index < -0.39 is 6.04 Å². The minimum absolute atomic E-state index is 0.0106. The fourth-order valence-corrected chi connectivity index (χ4v) is 2.69. The van der Waals surface area contributed by atoms with Gasteiger partial charge >= 0.3 is 0 Å². The molecule has 1 N–H and O–H groups in total. The molecule has 140 valence electrons. The summed E-state index contributed by atoms with van der Waals surface area (Å²) in [6, 6.07) is 7.27. The summed E-state index contributed by atoms with van der Waals surface area (Å²) in [5.41, 5.74) is 0.957. The number of hydrogen-bond acceptors (Lipinski definition) is 3. The summed E-state index contributed by atoms with van der Waals surface area (Å²) in [5.74, 6) is 0.679. The van der Waals surface area contributed by atoms with Crippen molar-refractivity contribution < 1.29 is 14.3 Å². The van der Waals surface area contributed by atoms with Crippen LogP contribution in [0.25, 0.3) is 0 Å². The van der Waals surface area contributed by atoms with Crippen molar-refractivity contribution >= 4 is 11.8 Å². The molecule has 1 aromatic rings. The van der Waals surface area contributed by atoms with Gasteiger partial charge in [0.15, 0.2) is 0 Å². The van der Waals surface area contributed by atoms with Gasteiger partial charge in [-0.2, -0.15) is 0 Å². The van der Waals surface area contributed by atoms with Crippen LogP contribution in [0, 0.1) is 0 Å². The molecule has 2 atom stereocenters. The van der Waals surface area contributed by atoms with Gasteiger partial charge in [0.05, 0.1) is 7.11 Å². The highest BCUT2D eigenvalue weighted by molar-refractivity contribution is 5.87. The van der Waals surface area contributed by atoms with Gasteiger partial charge in [-0.25, -0.2) is 0 Å². The Labute approximate surface area is 151 Å². The zero-order valence-electron chi connectivity index (χ0n) is 16.2. The number of amides is 2. The molecule has 2 unspecified atom stereocenters. The highest BCUT2D eigenvalue weighted by atomic mass is 16.5. The molecular weight excluding hydrogens is 316 g/mol. The summed E-state index contributed by atoms with van der Waals surface area (Å²) in [6.45, 7) is 8.33. The molecule has 0 spiro atoms. The molecule has 0 aromatic heterocycles. The Morgan fingerprint density at radius 1 is 1.20 bits per heavy atom. The van der Waals surface area contributed by atoms with Gasteiger partial charge in [-0.1, -0.05) is 32.9 Å². The van der Waals surface area contributed by atoms with Crippen molar-refractivity contribution in [3.8, 4) is 5.75 Å². The summed E-state index contributed by atoms with van der Waals surface area (Å²) in [4.78, 5) is 27.1. The van der Waals surface area contributed by atoms with Crippen LogP contribution in [0.2, 0.25) is 0 Å². The lowest BCUT2D eigenvalue weighted by Gasteiger charge is -2.31. The van der Waals surface area contributed by atoms with Crippen LogP contribution in [0.1, 0.15) is 58.9 Å². The smallest absolute Gasteiger partial charge is 0.243 e. The van der Waals surface area contributed by atoms with Crippen LogP contribution in [0.5, 0.6) is 5.75 Å². The van der Waals surface area contributed by atoms with E-state index in [9.17, 15) is 9.59 Å². The van der Waals surface area contributed by atoms with Crippen molar-refractivity contribution in [3.63, 3.8) is 0 Å². The zero-order chi connectivity index (χ0) is 18.8. The Balaban J connectivity index is 3.03. The van der Waals surface area contributed by atoms with Gasteiger partial charge in [0.2, 0.25) is 11.8 Å². The van der Waals surface area contributed by atoms with Gasteiger partial charge in [0.25, 0.3) is 0 Å². The van der Waals surface area contributed by atoms with E-state index in [1.54, 1.807) is 12.0 Å². The number of carbonyl (C=O) groups is 2. The lowest BCUT2D eigenvalue weighted by atomic mass is 10.1. The molecule has 0 bridgehead atoms. The molecule has 0 aliphatic rings. The Kier molecular flexibility index (Phi) is 9.03. The summed E-state index contributed by atoms with van der Waals surface area (Å²) in [7, 11) is 1.62. The third-order valence-corrected chi connectivity index (χ3v) is 4.34. The quantitative estimate of drug-likeness (QED) is 0.704. The Morgan fingerprint density at radius 2 is 1.92 bits per heavy atom. The van der Waals surface area contributed by atoms with Gasteiger partial charge in [-0.15, -0.1) is 0 Å². The fraction of sp³-hybridized carbons (Fsp3) is 0.600. The van der Waals surface area contributed by atoms with Gasteiger partial charge in [0, 0.05) is 19.0 Å². The first-order valence-electron chi connectivity index (χ1n) is 9.19. The highest BCUT2D eigenvalue weighted by Gasteiger charge is 2.28. The number of benzene rings is 1. The normalized spacial score (nSPS) is 13.0. The van der Waals surface area contributed by atoms with E-state index in [1.807, 2.05) is 52.0 Å². The van der Waals surface area contributed by atoms with Crippen molar-refractivity contribution in [2.45, 2.75) is 72.0 Å². The topological polar surface area (TPSA) is 58.6 Å². The predicted molar refractivity (Wildman–Crippen MR) is 100 cm³/mol. The number of methoxy groups -OCH3 is 1. The van der Waals surface area contributed by atoms with Crippen LogP contribution < -0.4 is 10.1 Å². The predicted octanol–water partition coefficient (Wildman–Crippen LogP) is 3.52. The van der Waals surface area contributed by atoms with E-state index in [0.29, 0.717) is 19.4 Å². The molecule has 0 fully saturated rings. The van der Waals surface area contributed by atoms with E-state index in [4.69, 9.17) is 4.74 Å². The molecule has 2 amide bonds. The number of carbonyl (C=O) groups excluding carboxylic acids is 2. The van der Waals surface area contributed by atoms with E-state index in [0.717, 1.165) is 24.2 Å². The molecule has 0 aliphatic carbocycles. The van der Waals surface area contributed by atoms with Gasteiger partial charge in [0.1, 0.15) is 11.8 Å². The largest absolute Gasteiger partial charge is 0.497 e. The minimum Gasteiger partial charge on any atom is -0.497 e. The average molecular weight is 348 g/mol. The first-order chi connectivity index (χ1) is 12.0. The van der Waals surface area contributed by atoms with Crippen molar-refractivity contribution in [1.82, 2.24) is 10.2 Å². The van der Waals surface area contributed by atoms with Crippen molar-refractivity contribution in [3.05, 3.63) is 29.8 Å². The number of ether oxygens (including phenoxy) is 1. The molecule has 25 heavy (non-hydrogen) atoms. The maximum Gasteiger partial charge on any atom is 0.243 e. The molecule has 1 rings (SSSR count). The van der Waals surface area contributed by atoms with E-state index >= 15 is 0 Å². The molecule has 0 radical (unpaired) electrons. The Morgan fingerprint density at radius 3 is 2.48 bits per heavy atom. The average Bonchev–Trinajstić information content (AvgIpc) is 2.61. The molecule has 0 aliphatic heterocycles. The third kappa shape index (κ3) is 6.40. The Bertz CT molecular complexity index is 560. The molecule has 5 heteroatoms. The molecular formula is C20H32N2O3. The Hall–Kier alpha value is -2.04. The lowest BCUT2D eigenvalue weighted by molar-refractivity contribution is -0.141. The van der Waals surface area contributed by atoms with Crippen molar-refractivity contribution in [2.75, 3.05) is 7.11 Å². The second kappa shape index (κ2) is 10.7. The highest BCUT2D eigenvalue weighted by Crippen LogP contribution is 2.18. The van der Waals surface area contributed by atoms with Crippen LogP contribution in [-0.4, -0.2) is 35.9 Å². The summed E-state index contributed by atoms with van der Waals surface area (Å²) in [6.07, 6.45) is 2.65. The second-order valence-electron chi connectivity index (χ2n) is 6.37. The monoisotopic (exact) mass is 348 g/mol. The number of rotatable bonds is 10. The minimum atomic E-state index is -0.459. The molecule has 0 saturated carbocycles. The number of hydrogen-bond donors (Lipinski definition) is 1. The van der Waals surface area contributed by atoms with Crippen LogP contribution in [0.4, 0.5) is 0 Å². The second-order valence-corrected chi connectivity index (χ2v) is 6.37. The van der Waals surface area contributed by atoms with E-state index in [-0.39, 0.29) is 17.9 Å². The van der Waals surface area contributed by atoms with Crippen LogP contribution in [0.3, 0.4) is 0 Å². The molecule has 1 aromatic carbocycles. The fourth-order valence-electron chi connectivity index (χ4n) is 2.69. The number of nitrogens with zero attached hydrogens (tertiary/aromatic N) is 1. The van der Waals surface area contributed by atoms with E-state index in [1.165, 1.54) is 0 Å². The first kappa shape index (κ1) is 21.0. The van der Waals surface area contributed by atoms with Crippen LogP contribution in [-0.2, 0) is 16.1 Å². The molecule has 0 saturated heterocycles. The van der Waals surface area contributed by atoms with Gasteiger partial charge in [-0.05, 0) is 43.9 Å².